The van der Waals surface area contributed by atoms with E-state index < -0.39 is 0 Å². The van der Waals surface area contributed by atoms with E-state index in [1.165, 1.54) is 24.8 Å². The molecule has 31 heavy (non-hydrogen) atoms. The maximum absolute atomic E-state index is 12.6. The third kappa shape index (κ3) is 5.66. The summed E-state index contributed by atoms with van der Waals surface area (Å²) in [5.41, 5.74) is 3.33. The second kappa shape index (κ2) is 10.5. The van der Waals surface area contributed by atoms with E-state index >= 15 is 0 Å². The normalized spacial score (nSPS) is 14.6. The van der Waals surface area contributed by atoms with Gasteiger partial charge in [-0.25, -0.2) is 4.98 Å². The largest absolute Gasteiger partial charge is 0.494 e. The Balaban J connectivity index is 1.34. The van der Waals surface area contributed by atoms with Crippen LogP contribution in [0.3, 0.4) is 0 Å². The number of hydrogen-bond acceptors (Lipinski definition) is 3. The zero-order valence-corrected chi connectivity index (χ0v) is 18.5. The summed E-state index contributed by atoms with van der Waals surface area (Å²) in [7, 11) is 0. The Hall–Kier alpha value is -2.82. The monoisotopic (exact) mass is 419 g/mol. The number of amides is 1. The third-order valence-corrected chi connectivity index (χ3v) is 6.16. The molecular weight excluding hydrogens is 386 g/mol. The van der Waals surface area contributed by atoms with Crippen molar-refractivity contribution in [2.45, 2.75) is 65.0 Å². The molecule has 0 bridgehead atoms. The van der Waals surface area contributed by atoms with Crippen LogP contribution in [-0.2, 0) is 17.9 Å². The maximum atomic E-state index is 12.6. The zero-order valence-electron chi connectivity index (χ0n) is 18.5. The van der Waals surface area contributed by atoms with Gasteiger partial charge in [0.15, 0.2) is 0 Å². The summed E-state index contributed by atoms with van der Waals surface area (Å²) in [6.45, 7) is 4.13. The minimum Gasteiger partial charge on any atom is -0.494 e. The highest BCUT2D eigenvalue weighted by atomic mass is 16.5. The van der Waals surface area contributed by atoms with Crippen LogP contribution in [0.2, 0.25) is 0 Å². The van der Waals surface area contributed by atoms with Crippen molar-refractivity contribution in [3.8, 4) is 5.75 Å². The van der Waals surface area contributed by atoms with Gasteiger partial charge in [-0.15, -0.1) is 0 Å². The van der Waals surface area contributed by atoms with Crippen LogP contribution >= 0.6 is 0 Å². The van der Waals surface area contributed by atoms with E-state index in [-0.39, 0.29) is 11.8 Å². The van der Waals surface area contributed by atoms with Crippen molar-refractivity contribution in [1.82, 2.24) is 14.9 Å². The number of imidazole rings is 1. The molecule has 5 heteroatoms. The highest BCUT2D eigenvalue weighted by Crippen LogP contribution is 2.24. The number of nitrogens with one attached hydrogen (secondary N) is 1. The number of nitrogens with zero attached hydrogens (tertiary/aromatic N) is 2. The first-order valence-corrected chi connectivity index (χ1v) is 11.6. The molecule has 1 aliphatic rings. The molecule has 4 rings (SSSR count). The lowest BCUT2D eigenvalue weighted by Gasteiger charge is -2.20. The smallest absolute Gasteiger partial charge is 0.223 e. The Morgan fingerprint density at radius 2 is 1.94 bits per heavy atom. The van der Waals surface area contributed by atoms with Crippen molar-refractivity contribution >= 4 is 16.9 Å². The number of para-hydroxylation sites is 2. The van der Waals surface area contributed by atoms with E-state index in [4.69, 9.17) is 9.72 Å². The van der Waals surface area contributed by atoms with E-state index in [0.717, 1.165) is 54.8 Å². The average Bonchev–Trinajstić information content (AvgIpc) is 3.15. The first-order chi connectivity index (χ1) is 15.2. The fraction of sp³-hybridized carbons (Fsp3) is 0.462. The molecule has 1 heterocycles. The van der Waals surface area contributed by atoms with Crippen LogP contribution in [0.25, 0.3) is 11.0 Å². The lowest BCUT2D eigenvalue weighted by atomic mass is 9.89. The van der Waals surface area contributed by atoms with Crippen LogP contribution in [0.4, 0.5) is 0 Å². The zero-order chi connectivity index (χ0) is 21.5. The SMILES string of the molecule is Cc1cccc(OCCCCn2c(CNC(=O)C3CCCCC3)nc3ccccc32)c1. The van der Waals surface area contributed by atoms with Gasteiger partial charge in [0.2, 0.25) is 5.91 Å². The predicted octanol–water partition coefficient (Wildman–Crippen LogP) is 5.40. The second-order valence-electron chi connectivity index (χ2n) is 8.59. The van der Waals surface area contributed by atoms with Gasteiger partial charge in [0.1, 0.15) is 11.6 Å². The van der Waals surface area contributed by atoms with Crippen molar-refractivity contribution in [1.29, 1.82) is 0 Å². The highest BCUT2D eigenvalue weighted by molar-refractivity contribution is 5.79. The van der Waals surface area contributed by atoms with E-state index in [1.54, 1.807) is 0 Å². The minimum absolute atomic E-state index is 0.172. The topological polar surface area (TPSA) is 56.1 Å². The number of aryl methyl sites for hydroxylation is 2. The average molecular weight is 420 g/mol. The predicted molar refractivity (Wildman–Crippen MR) is 124 cm³/mol. The van der Waals surface area contributed by atoms with Crippen molar-refractivity contribution in [2.24, 2.45) is 5.92 Å². The van der Waals surface area contributed by atoms with Gasteiger partial charge in [-0.1, -0.05) is 43.5 Å². The number of ether oxygens (including phenoxy) is 1. The number of fused-ring (bicyclic) bond motifs is 1. The molecule has 0 radical (unpaired) electrons. The van der Waals surface area contributed by atoms with Gasteiger partial charge in [0, 0.05) is 12.5 Å². The van der Waals surface area contributed by atoms with Crippen LogP contribution < -0.4 is 10.1 Å². The van der Waals surface area contributed by atoms with Gasteiger partial charge in [-0.2, -0.15) is 0 Å². The minimum atomic E-state index is 0.172. The maximum Gasteiger partial charge on any atom is 0.223 e. The van der Waals surface area contributed by atoms with Crippen molar-refractivity contribution in [2.75, 3.05) is 6.61 Å². The molecule has 0 unspecified atom stereocenters. The van der Waals surface area contributed by atoms with Crippen LogP contribution in [0.1, 0.15) is 56.3 Å². The van der Waals surface area contributed by atoms with Crippen LogP contribution in [0.5, 0.6) is 5.75 Å². The van der Waals surface area contributed by atoms with E-state index in [1.807, 2.05) is 30.3 Å². The van der Waals surface area contributed by atoms with Crippen molar-refractivity contribution in [3.05, 3.63) is 59.9 Å². The van der Waals surface area contributed by atoms with Gasteiger partial charge >= 0.3 is 0 Å². The van der Waals surface area contributed by atoms with E-state index in [0.29, 0.717) is 13.2 Å². The summed E-state index contributed by atoms with van der Waals surface area (Å²) in [5.74, 6) is 2.22. The molecule has 1 amide bonds. The quantitative estimate of drug-likeness (QED) is 0.473. The van der Waals surface area contributed by atoms with Crippen molar-refractivity contribution < 1.29 is 9.53 Å². The third-order valence-electron chi connectivity index (χ3n) is 6.16. The Morgan fingerprint density at radius 3 is 2.77 bits per heavy atom. The molecule has 1 fully saturated rings. The molecule has 1 aliphatic carbocycles. The molecule has 0 spiro atoms. The van der Waals surface area contributed by atoms with Crippen molar-refractivity contribution in [3.63, 3.8) is 0 Å². The molecule has 0 saturated heterocycles. The summed E-state index contributed by atoms with van der Waals surface area (Å²) < 4.78 is 8.14. The second-order valence-corrected chi connectivity index (χ2v) is 8.59. The highest BCUT2D eigenvalue weighted by Gasteiger charge is 2.21. The van der Waals surface area contributed by atoms with Gasteiger partial charge in [0.05, 0.1) is 24.2 Å². The fourth-order valence-corrected chi connectivity index (χ4v) is 4.45. The number of hydrogen-bond donors (Lipinski definition) is 1. The summed E-state index contributed by atoms with van der Waals surface area (Å²) >= 11 is 0. The Kier molecular flexibility index (Phi) is 7.23. The molecule has 0 aliphatic heterocycles. The van der Waals surface area contributed by atoms with E-state index in [2.05, 4.69) is 35.0 Å². The van der Waals surface area contributed by atoms with Gasteiger partial charge in [0.25, 0.3) is 0 Å². The Bertz CT molecular complexity index is 1000. The number of aromatic nitrogens is 2. The van der Waals surface area contributed by atoms with Crippen LogP contribution in [0.15, 0.2) is 48.5 Å². The molecular formula is C26H33N3O2. The molecule has 5 nitrogen and oxygen atoms in total. The molecule has 1 N–H and O–H groups in total. The number of unbranched alkanes of at least 4 members (excludes halogenated alkanes) is 1. The summed E-state index contributed by atoms with van der Waals surface area (Å²) in [5, 5.41) is 3.15. The standard InChI is InChI=1S/C26H33N3O2/c1-20-10-9-13-22(18-20)31-17-8-7-16-29-24-15-6-5-14-23(24)28-25(29)19-27-26(30)21-11-3-2-4-12-21/h5-6,9-10,13-15,18,21H,2-4,7-8,11-12,16-17,19H2,1H3,(H,27,30). The Labute approximate surface area is 184 Å². The van der Waals surface area contributed by atoms with E-state index in [9.17, 15) is 4.79 Å². The molecule has 164 valence electrons. The molecule has 3 aromatic rings. The molecule has 1 saturated carbocycles. The molecule has 2 aromatic carbocycles. The van der Waals surface area contributed by atoms with Crippen LogP contribution in [0, 0.1) is 12.8 Å². The van der Waals surface area contributed by atoms with Gasteiger partial charge in [-0.05, 0) is 62.4 Å². The lowest BCUT2D eigenvalue weighted by Crippen LogP contribution is -2.32. The fourth-order valence-electron chi connectivity index (χ4n) is 4.45. The number of carbonyl (C=O) groups is 1. The number of rotatable bonds is 9. The van der Waals surface area contributed by atoms with Crippen LogP contribution in [-0.4, -0.2) is 22.1 Å². The Morgan fingerprint density at radius 1 is 1.10 bits per heavy atom. The van der Waals surface area contributed by atoms with Gasteiger partial charge in [-0.3, -0.25) is 4.79 Å². The number of carbonyl (C=O) groups excluding carboxylic acids is 1. The first-order valence-electron chi connectivity index (χ1n) is 11.6. The summed E-state index contributed by atoms with van der Waals surface area (Å²) in [6, 6.07) is 16.4. The summed E-state index contributed by atoms with van der Waals surface area (Å²) in [6.07, 6.45) is 7.59. The van der Waals surface area contributed by atoms with Gasteiger partial charge < -0.3 is 14.6 Å². The number of benzene rings is 2. The molecule has 0 atom stereocenters. The summed E-state index contributed by atoms with van der Waals surface area (Å²) in [4.78, 5) is 17.4. The lowest BCUT2D eigenvalue weighted by molar-refractivity contribution is -0.126. The molecule has 1 aromatic heterocycles. The first kappa shape index (κ1) is 21.4.